The van der Waals surface area contributed by atoms with Crippen LogP contribution in [0.4, 0.5) is 11.4 Å². The highest BCUT2D eigenvalue weighted by Gasteiger charge is 2.16. The van der Waals surface area contributed by atoms with Crippen LogP contribution in [0.25, 0.3) is 11.4 Å². The quantitative estimate of drug-likeness (QED) is 0.209. The maximum atomic E-state index is 12.3. The molecule has 3 aromatic rings. The molecule has 0 unspecified atom stereocenters. The molecule has 0 radical (unpaired) electrons. The Morgan fingerprint density at radius 2 is 2.13 bits per heavy atom. The van der Waals surface area contributed by atoms with E-state index in [1.54, 1.807) is 17.4 Å². The van der Waals surface area contributed by atoms with Crippen molar-refractivity contribution in [3.05, 3.63) is 63.4 Å². The SMILES string of the molecule is C=CCn1c(SCC(=O)Nc2ccc([N+](=O)[O-])cc2)nnc1-c1csc(CCC)c1. The lowest BCUT2D eigenvalue weighted by Crippen LogP contribution is -2.14. The number of nitro groups is 1. The van der Waals surface area contributed by atoms with Crippen molar-refractivity contribution in [1.29, 1.82) is 0 Å². The molecule has 0 bridgehead atoms. The minimum absolute atomic E-state index is 0.0250. The molecule has 0 fully saturated rings. The van der Waals surface area contributed by atoms with E-state index in [-0.39, 0.29) is 17.3 Å². The van der Waals surface area contributed by atoms with Crippen molar-refractivity contribution in [2.75, 3.05) is 11.1 Å². The van der Waals surface area contributed by atoms with Crippen LogP contribution in [0, 0.1) is 10.1 Å². The fourth-order valence-corrected chi connectivity index (χ4v) is 4.49. The smallest absolute Gasteiger partial charge is 0.269 e. The Kier molecular flexibility index (Phi) is 7.36. The predicted octanol–water partition coefficient (Wildman–Crippen LogP) is 4.78. The standard InChI is InChI=1S/C20H21N5O3S2/c1-3-5-17-11-14(12-29-17)19-22-23-20(24(19)10-4-2)30-13-18(26)21-15-6-8-16(9-7-15)25(27)28/h4,6-9,11-12H,2-3,5,10,13H2,1H3,(H,21,26). The Labute approximate surface area is 182 Å². The number of hydrogen-bond acceptors (Lipinski definition) is 7. The number of thioether (sulfide) groups is 1. The maximum absolute atomic E-state index is 12.3. The molecule has 3 rings (SSSR count). The number of hydrogen-bond donors (Lipinski definition) is 1. The third-order valence-electron chi connectivity index (χ3n) is 4.13. The number of aryl methyl sites for hydroxylation is 1. The van der Waals surface area contributed by atoms with Gasteiger partial charge in [-0.25, -0.2) is 0 Å². The lowest BCUT2D eigenvalue weighted by atomic mass is 10.2. The van der Waals surface area contributed by atoms with Crippen LogP contribution in [-0.4, -0.2) is 31.3 Å². The Morgan fingerprint density at radius 3 is 2.80 bits per heavy atom. The summed E-state index contributed by atoms with van der Waals surface area (Å²) in [5.41, 5.74) is 1.49. The molecule has 0 saturated heterocycles. The van der Waals surface area contributed by atoms with Crippen LogP contribution in [0.1, 0.15) is 18.2 Å². The van der Waals surface area contributed by atoms with Gasteiger partial charge in [0, 0.05) is 40.2 Å². The van der Waals surface area contributed by atoms with E-state index in [9.17, 15) is 14.9 Å². The predicted molar refractivity (Wildman–Crippen MR) is 120 cm³/mol. The molecule has 0 spiro atoms. The van der Waals surface area contributed by atoms with Gasteiger partial charge in [0.1, 0.15) is 0 Å². The number of amides is 1. The van der Waals surface area contributed by atoms with Crippen LogP contribution < -0.4 is 5.32 Å². The summed E-state index contributed by atoms with van der Waals surface area (Å²) in [6.45, 7) is 6.49. The second kappa shape index (κ2) is 10.2. The van der Waals surface area contributed by atoms with E-state index in [1.165, 1.54) is 40.9 Å². The summed E-state index contributed by atoms with van der Waals surface area (Å²) in [6, 6.07) is 7.84. The average molecular weight is 444 g/mol. The van der Waals surface area contributed by atoms with E-state index >= 15 is 0 Å². The number of carbonyl (C=O) groups excluding carboxylic acids is 1. The Bertz CT molecular complexity index is 1040. The highest BCUT2D eigenvalue weighted by atomic mass is 32.2. The number of allylic oxidation sites excluding steroid dienone is 1. The molecule has 1 N–H and O–H groups in total. The van der Waals surface area contributed by atoms with Gasteiger partial charge in [-0.15, -0.1) is 28.1 Å². The Morgan fingerprint density at radius 1 is 1.37 bits per heavy atom. The first-order valence-electron chi connectivity index (χ1n) is 9.30. The van der Waals surface area contributed by atoms with Gasteiger partial charge in [0.2, 0.25) is 5.91 Å². The van der Waals surface area contributed by atoms with Crippen molar-refractivity contribution in [2.24, 2.45) is 0 Å². The van der Waals surface area contributed by atoms with Gasteiger partial charge in [-0.3, -0.25) is 19.5 Å². The van der Waals surface area contributed by atoms with Crippen LogP contribution in [-0.2, 0) is 17.8 Å². The summed E-state index contributed by atoms with van der Waals surface area (Å²) in [5, 5.41) is 24.7. The first kappa shape index (κ1) is 21.7. The molecular formula is C20H21N5O3S2. The fraction of sp³-hybridized carbons (Fsp3) is 0.250. The van der Waals surface area contributed by atoms with E-state index in [4.69, 9.17) is 0 Å². The van der Waals surface area contributed by atoms with E-state index in [0.717, 1.165) is 24.2 Å². The van der Waals surface area contributed by atoms with Gasteiger partial charge in [-0.2, -0.15) is 0 Å². The average Bonchev–Trinajstić information content (AvgIpc) is 3.34. The number of non-ortho nitro benzene ring substituents is 1. The summed E-state index contributed by atoms with van der Waals surface area (Å²) < 4.78 is 1.94. The molecule has 156 valence electrons. The summed E-state index contributed by atoms with van der Waals surface area (Å²) in [6.07, 6.45) is 3.89. The first-order chi connectivity index (χ1) is 14.5. The van der Waals surface area contributed by atoms with Crippen LogP contribution in [0.3, 0.4) is 0 Å². The molecule has 30 heavy (non-hydrogen) atoms. The topological polar surface area (TPSA) is 103 Å². The molecule has 2 heterocycles. The minimum atomic E-state index is -0.482. The lowest BCUT2D eigenvalue weighted by Gasteiger charge is -2.07. The summed E-state index contributed by atoms with van der Waals surface area (Å²) >= 11 is 2.99. The number of nitrogens with one attached hydrogen (secondary N) is 1. The minimum Gasteiger partial charge on any atom is -0.325 e. The van der Waals surface area contributed by atoms with E-state index in [2.05, 4.69) is 40.5 Å². The molecule has 0 aliphatic heterocycles. The van der Waals surface area contributed by atoms with Crippen LogP contribution >= 0.6 is 23.1 Å². The molecule has 0 saturated carbocycles. The number of carbonyl (C=O) groups is 1. The maximum Gasteiger partial charge on any atom is 0.269 e. The molecule has 1 aromatic carbocycles. The van der Waals surface area contributed by atoms with Gasteiger partial charge in [0.25, 0.3) is 5.69 Å². The molecule has 2 aromatic heterocycles. The van der Waals surface area contributed by atoms with Gasteiger partial charge in [-0.1, -0.05) is 31.2 Å². The third kappa shape index (κ3) is 5.33. The van der Waals surface area contributed by atoms with E-state index in [0.29, 0.717) is 17.4 Å². The fourth-order valence-electron chi connectivity index (χ4n) is 2.77. The van der Waals surface area contributed by atoms with Gasteiger partial charge < -0.3 is 5.32 Å². The van der Waals surface area contributed by atoms with Gasteiger partial charge in [0.15, 0.2) is 11.0 Å². The number of thiophene rings is 1. The Balaban J connectivity index is 1.67. The zero-order valence-corrected chi connectivity index (χ0v) is 18.0. The van der Waals surface area contributed by atoms with Gasteiger partial charge >= 0.3 is 0 Å². The molecule has 8 nitrogen and oxygen atoms in total. The van der Waals surface area contributed by atoms with E-state index in [1.807, 2.05) is 4.57 Å². The zero-order chi connectivity index (χ0) is 21.5. The second-order valence-electron chi connectivity index (χ2n) is 6.40. The number of benzene rings is 1. The highest BCUT2D eigenvalue weighted by molar-refractivity contribution is 7.99. The normalized spacial score (nSPS) is 10.7. The lowest BCUT2D eigenvalue weighted by molar-refractivity contribution is -0.384. The largest absolute Gasteiger partial charge is 0.325 e. The zero-order valence-electron chi connectivity index (χ0n) is 16.4. The van der Waals surface area contributed by atoms with Crippen molar-refractivity contribution < 1.29 is 9.72 Å². The number of nitro benzene ring substituents is 1. The summed E-state index contributed by atoms with van der Waals surface area (Å²) in [7, 11) is 0. The van der Waals surface area contributed by atoms with Gasteiger partial charge in [-0.05, 0) is 24.6 Å². The summed E-state index contributed by atoms with van der Waals surface area (Å²) in [4.78, 5) is 23.8. The first-order valence-corrected chi connectivity index (χ1v) is 11.2. The van der Waals surface area contributed by atoms with Crippen molar-refractivity contribution in [3.8, 4) is 11.4 Å². The van der Waals surface area contributed by atoms with Crippen LogP contribution in [0.2, 0.25) is 0 Å². The van der Waals surface area contributed by atoms with Crippen LogP contribution in [0.5, 0.6) is 0 Å². The van der Waals surface area contributed by atoms with Crippen molar-refractivity contribution in [2.45, 2.75) is 31.5 Å². The summed E-state index contributed by atoms with van der Waals surface area (Å²) in [5.74, 6) is 0.660. The number of rotatable bonds is 10. The van der Waals surface area contributed by atoms with Crippen molar-refractivity contribution in [1.82, 2.24) is 14.8 Å². The molecule has 10 heteroatoms. The highest BCUT2D eigenvalue weighted by Crippen LogP contribution is 2.28. The van der Waals surface area contributed by atoms with Crippen LogP contribution in [0.15, 0.2) is 53.5 Å². The monoisotopic (exact) mass is 443 g/mol. The number of anilines is 1. The number of nitrogens with zero attached hydrogens (tertiary/aromatic N) is 4. The van der Waals surface area contributed by atoms with E-state index < -0.39 is 4.92 Å². The van der Waals surface area contributed by atoms with Gasteiger partial charge in [0.05, 0.1) is 10.7 Å². The third-order valence-corrected chi connectivity index (χ3v) is 6.09. The molecule has 0 atom stereocenters. The Hall–Kier alpha value is -2.98. The van der Waals surface area contributed by atoms with Crippen molar-refractivity contribution in [3.63, 3.8) is 0 Å². The molecule has 1 amide bonds. The number of aromatic nitrogens is 3. The molecular weight excluding hydrogens is 422 g/mol. The molecule has 0 aliphatic rings. The second-order valence-corrected chi connectivity index (χ2v) is 8.34. The molecule has 0 aliphatic carbocycles. The van der Waals surface area contributed by atoms with Crippen molar-refractivity contribution >= 4 is 40.4 Å².